The average Bonchev–Trinajstić information content (AvgIpc) is 2.48. The summed E-state index contributed by atoms with van der Waals surface area (Å²) in [6.45, 7) is 3.89. The van der Waals surface area contributed by atoms with E-state index in [9.17, 15) is 9.59 Å². The number of rotatable bonds is 8. The predicted molar refractivity (Wildman–Crippen MR) is 74.3 cm³/mol. The SMILES string of the molecule is CCCCCc1ccc(C(=O)OOOC(=O)OCC)cc1. The quantitative estimate of drug-likeness (QED) is 0.316. The van der Waals surface area contributed by atoms with E-state index in [0.29, 0.717) is 5.56 Å². The largest absolute Gasteiger partial charge is 0.543 e. The van der Waals surface area contributed by atoms with Gasteiger partial charge in [-0.1, -0.05) is 31.9 Å². The molecule has 6 heteroatoms. The molecule has 0 aliphatic heterocycles. The Morgan fingerprint density at radius 3 is 2.33 bits per heavy atom. The first-order chi connectivity index (χ1) is 10.2. The highest BCUT2D eigenvalue weighted by Crippen LogP contribution is 2.10. The zero-order chi connectivity index (χ0) is 15.5. The van der Waals surface area contributed by atoms with E-state index in [1.54, 1.807) is 19.1 Å². The van der Waals surface area contributed by atoms with Crippen LogP contribution in [0.4, 0.5) is 4.79 Å². The number of unbranched alkanes of at least 4 members (excludes halogenated alkanes) is 2. The van der Waals surface area contributed by atoms with E-state index in [-0.39, 0.29) is 6.61 Å². The number of aryl methyl sites for hydroxylation is 1. The summed E-state index contributed by atoms with van der Waals surface area (Å²) in [7, 11) is 0. The summed E-state index contributed by atoms with van der Waals surface area (Å²) in [6.07, 6.45) is 3.38. The van der Waals surface area contributed by atoms with Gasteiger partial charge in [0.1, 0.15) is 0 Å². The fourth-order valence-electron chi connectivity index (χ4n) is 1.65. The van der Waals surface area contributed by atoms with Gasteiger partial charge in [-0.2, -0.15) is 0 Å². The van der Waals surface area contributed by atoms with E-state index in [4.69, 9.17) is 0 Å². The smallest absolute Gasteiger partial charge is 0.433 e. The summed E-state index contributed by atoms with van der Waals surface area (Å²) >= 11 is 0. The highest BCUT2D eigenvalue weighted by Gasteiger charge is 2.11. The van der Waals surface area contributed by atoms with Crippen LogP contribution in [0.15, 0.2) is 24.3 Å². The lowest BCUT2D eigenvalue weighted by Gasteiger charge is -2.04. The van der Waals surface area contributed by atoms with Crippen molar-refractivity contribution < 1.29 is 29.1 Å². The molecule has 0 aliphatic carbocycles. The third-order valence-electron chi connectivity index (χ3n) is 2.73. The van der Waals surface area contributed by atoms with Crippen LogP contribution in [0.3, 0.4) is 0 Å². The van der Waals surface area contributed by atoms with Crippen molar-refractivity contribution in [1.29, 1.82) is 0 Å². The van der Waals surface area contributed by atoms with Crippen LogP contribution in [-0.4, -0.2) is 18.7 Å². The topological polar surface area (TPSA) is 71.1 Å². The van der Waals surface area contributed by atoms with Crippen molar-refractivity contribution in [2.24, 2.45) is 0 Å². The molecule has 0 N–H and O–H groups in total. The standard InChI is InChI=1S/C15H20O6/c1-3-5-6-7-12-8-10-13(11-9-12)14(16)19-21-20-15(17)18-4-2/h8-11H,3-7H2,1-2H3. The molecule has 1 rings (SSSR count). The number of ether oxygens (including phenoxy) is 1. The van der Waals surface area contributed by atoms with Gasteiger partial charge < -0.3 is 4.74 Å². The lowest BCUT2D eigenvalue weighted by Crippen LogP contribution is -2.12. The molecule has 0 fully saturated rings. The minimum absolute atomic E-state index is 0.135. The third kappa shape index (κ3) is 6.76. The Kier molecular flexibility index (Phi) is 7.89. The molecule has 0 aromatic heterocycles. The van der Waals surface area contributed by atoms with Crippen LogP contribution in [0.2, 0.25) is 0 Å². The second kappa shape index (κ2) is 9.77. The predicted octanol–water partition coefficient (Wildman–Crippen LogP) is 3.60. The van der Waals surface area contributed by atoms with Gasteiger partial charge in [-0.15, -0.1) is 0 Å². The molecular formula is C15H20O6. The van der Waals surface area contributed by atoms with Gasteiger partial charge in [0.15, 0.2) is 0 Å². The Bertz CT molecular complexity index is 440. The van der Waals surface area contributed by atoms with E-state index in [0.717, 1.165) is 18.4 Å². The van der Waals surface area contributed by atoms with Crippen LogP contribution >= 0.6 is 0 Å². The monoisotopic (exact) mass is 296 g/mol. The van der Waals surface area contributed by atoms with Gasteiger partial charge >= 0.3 is 12.1 Å². The fraction of sp³-hybridized carbons (Fsp3) is 0.467. The lowest BCUT2D eigenvalue weighted by molar-refractivity contribution is -0.452. The summed E-state index contributed by atoms with van der Waals surface area (Å²) in [5.41, 5.74) is 1.46. The first-order valence-corrected chi connectivity index (χ1v) is 6.98. The molecule has 0 bridgehead atoms. The van der Waals surface area contributed by atoms with Gasteiger partial charge in [0.2, 0.25) is 0 Å². The van der Waals surface area contributed by atoms with E-state index in [1.165, 1.54) is 12.8 Å². The number of benzene rings is 1. The van der Waals surface area contributed by atoms with Crippen molar-refractivity contribution in [3.05, 3.63) is 35.4 Å². The summed E-state index contributed by atoms with van der Waals surface area (Å²) in [5, 5.41) is 4.05. The molecule has 0 saturated heterocycles. The maximum absolute atomic E-state index is 11.6. The van der Waals surface area contributed by atoms with Gasteiger partial charge in [-0.25, -0.2) is 14.5 Å². The fourth-order valence-corrected chi connectivity index (χ4v) is 1.65. The average molecular weight is 296 g/mol. The lowest BCUT2D eigenvalue weighted by atomic mass is 10.1. The van der Waals surface area contributed by atoms with Gasteiger partial charge in [0.05, 0.1) is 17.2 Å². The molecule has 0 saturated carbocycles. The van der Waals surface area contributed by atoms with Gasteiger partial charge in [-0.3, -0.25) is 4.89 Å². The van der Waals surface area contributed by atoms with Crippen LogP contribution in [-0.2, 0) is 26.0 Å². The van der Waals surface area contributed by atoms with E-state index < -0.39 is 12.1 Å². The van der Waals surface area contributed by atoms with Crippen molar-refractivity contribution in [1.82, 2.24) is 0 Å². The number of hydrogen-bond acceptors (Lipinski definition) is 6. The second-order valence-corrected chi connectivity index (χ2v) is 4.36. The molecule has 0 unspecified atom stereocenters. The van der Waals surface area contributed by atoms with Crippen LogP contribution in [0.5, 0.6) is 0 Å². The number of hydrogen-bond donors (Lipinski definition) is 0. The second-order valence-electron chi connectivity index (χ2n) is 4.36. The molecule has 0 atom stereocenters. The Balaban J connectivity index is 2.35. The normalized spacial score (nSPS) is 10.0. The summed E-state index contributed by atoms with van der Waals surface area (Å²) < 4.78 is 4.41. The summed E-state index contributed by atoms with van der Waals surface area (Å²) in [5.74, 6) is -0.751. The van der Waals surface area contributed by atoms with Crippen LogP contribution in [0, 0.1) is 0 Å². The van der Waals surface area contributed by atoms with Crippen LogP contribution in [0.1, 0.15) is 49.0 Å². The van der Waals surface area contributed by atoms with Gasteiger partial charge in [-0.05, 0) is 37.5 Å². The summed E-state index contributed by atoms with van der Waals surface area (Å²) in [4.78, 5) is 30.7. The van der Waals surface area contributed by atoms with E-state index in [2.05, 4.69) is 26.5 Å². The van der Waals surface area contributed by atoms with Crippen molar-refractivity contribution in [2.75, 3.05) is 6.61 Å². The Morgan fingerprint density at radius 2 is 1.71 bits per heavy atom. The molecule has 0 spiro atoms. The molecule has 1 aromatic rings. The van der Waals surface area contributed by atoms with Crippen molar-refractivity contribution in [3.8, 4) is 0 Å². The molecule has 0 radical (unpaired) electrons. The molecule has 116 valence electrons. The van der Waals surface area contributed by atoms with Crippen molar-refractivity contribution >= 4 is 12.1 Å². The first kappa shape index (κ1) is 17.0. The maximum atomic E-state index is 11.6. The third-order valence-corrected chi connectivity index (χ3v) is 2.73. The minimum atomic E-state index is -1.07. The Hall–Kier alpha value is -2.08. The molecule has 0 amide bonds. The Labute approximate surface area is 123 Å². The highest BCUT2D eigenvalue weighted by molar-refractivity contribution is 5.88. The van der Waals surface area contributed by atoms with Crippen LogP contribution < -0.4 is 0 Å². The molecule has 0 aliphatic rings. The maximum Gasteiger partial charge on any atom is 0.543 e. The van der Waals surface area contributed by atoms with E-state index >= 15 is 0 Å². The van der Waals surface area contributed by atoms with Gasteiger partial charge in [0, 0.05) is 0 Å². The molecule has 1 aromatic carbocycles. The first-order valence-electron chi connectivity index (χ1n) is 6.98. The van der Waals surface area contributed by atoms with E-state index in [1.807, 2.05) is 12.1 Å². The highest BCUT2D eigenvalue weighted by atomic mass is 17.5. The number of carbonyl (C=O) groups excluding carboxylic acids is 2. The zero-order valence-electron chi connectivity index (χ0n) is 12.3. The van der Waals surface area contributed by atoms with Gasteiger partial charge in [0.25, 0.3) is 0 Å². The Morgan fingerprint density at radius 1 is 1.00 bits per heavy atom. The molecular weight excluding hydrogens is 276 g/mol. The molecule has 6 nitrogen and oxygen atoms in total. The zero-order valence-corrected chi connectivity index (χ0v) is 12.3. The minimum Gasteiger partial charge on any atom is -0.433 e. The molecule has 21 heavy (non-hydrogen) atoms. The van der Waals surface area contributed by atoms with Crippen LogP contribution in [0.25, 0.3) is 0 Å². The number of carbonyl (C=O) groups is 2. The van der Waals surface area contributed by atoms with Crippen molar-refractivity contribution in [3.63, 3.8) is 0 Å². The van der Waals surface area contributed by atoms with Crippen molar-refractivity contribution in [2.45, 2.75) is 39.5 Å². The summed E-state index contributed by atoms with van der Waals surface area (Å²) in [6, 6.07) is 6.99. The molecule has 0 heterocycles.